The standard InChI is InChI=1S/C12H5Br4N/c13-7-1-5-6-2-8(14)10(16)4-12(6)17-11(5)3-9(7)15/h1-4,17H. The molecule has 0 bridgehead atoms. The maximum atomic E-state index is 3.54. The first-order valence-corrected chi connectivity index (χ1v) is 7.99. The number of nitrogens with one attached hydrogen (secondary N) is 1. The van der Waals surface area contributed by atoms with E-state index in [0.29, 0.717) is 0 Å². The molecule has 0 aliphatic rings. The zero-order valence-electron chi connectivity index (χ0n) is 8.32. The smallest absolute Gasteiger partial charge is 0.0477 e. The van der Waals surface area contributed by atoms with E-state index in [1.165, 1.54) is 10.8 Å². The zero-order chi connectivity index (χ0) is 12.2. The summed E-state index contributed by atoms with van der Waals surface area (Å²) >= 11 is 14.1. The van der Waals surface area contributed by atoms with E-state index in [2.05, 4.69) is 93.0 Å². The molecule has 1 nitrogen and oxygen atoms in total. The Morgan fingerprint density at radius 1 is 0.588 bits per heavy atom. The molecule has 0 aliphatic carbocycles. The van der Waals surface area contributed by atoms with Crippen molar-refractivity contribution >= 4 is 85.5 Å². The number of aromatic amines is 1. The Morgan fingerprint density at radius 3 is 1.35 bits per heavy atom. The summed E-state index contributed by atoms with van der Waals surface area (Å²) in [6.07, 6.45) is 0. The first kappa shape index (κ1) is 12.2. The molecule has 1 N–H and O–H groups in total. The lowest BCUT2D eigenvalue weighted by atomic mass is 10.1. The van der Waals surface area contributed by atoms with Crippen LogP contribution >= 0.6 is 63.7 Å². The van der Waals surface area contributed by atoms with Gasteiger partial charge in [-0.05, 0) is 88.0 Å². The quantitative estimate of drug-likeness (QED) is 0.383. The molecule has 0 spiro atoms. The molecule has 0 aliphatic heterocycles. The molecule has 1 aromatic heterocycles. The lowest BCUT2D eigenvalue weighted by molar-refractivity contribution is 1.52. The van der Waals surface area contributed by atoms with Crippen LogP contribution in [0.4, 0.5) is 0 Å². The number of aromatic nitrogens is 1. The molecule has 0 saturated carbocycles. The average molecular weight is 483 g/mol. The number of rotatable bonds is 0. The highest BCUT2D eigenvalue weighted by Gasteiger charge is 2.09. The van der Waals surface area contributed by atoms with Gasteiger partial charge in [0.1, 0.15) is 0 Å². The van der Waals surface area contributed by atoms with Gasteiger partial charge in [-0.1, -0.05) is 0 Å². The molecule has 0 radical (unpaired) electrons. The Morgan fingerprint density at radius 2 is 0.941 bits per heavy atom. The number of fused-ring (bicyclic) bond motifs is 3. The molecule has 0 unspecified atom stereocenters. The topological polar surface area (TPSA) is 15.8 Å². The molecule has 3 aromatic rings. The van der Waals surface area contributed by atoms with Gasteiger partial charge in [-0.2, -0.15) is 0 Å². The second-order valence-electron chi connectivity index (χ2n) is 3.75. The van der Waals surface area contributed by atoms with E-state index in [4.69, 9.17) is 0 Å². The largest absolute Gasteiger partial charge is 0.354 e. The lowest BCUT2D eigenvalue weighted by Crippen LogP contribution is -1.72. The molecule has 5 heteroatoms. The summed E-state index contributed by atoms with van der Waals surface area (Å²) in [5.74, 6) is 0. The third-order valence-corrected chi connectivity index (χ3v) is 6.37. The van der Waals surface area contributed by atoms with E-state index in [9.17, 15) is 0 Å². The minimum atomic E-state index is 1.05. The molecule has 0 saturated heterocycles. The number of hydrogen-bond acceptors (Lipinski definition) is 0. The Balaban J connectivity index is 2.51. The molecule has 3 rings (SSSR count). The Hall–Kier alpha value is 0.160. The average Bonchev–Trinajstić information content (AvgIpc) is 2.58. The zero-order valence-corrected chi connectivity index (χ0v) is 14.7. The maximum absolute atomic E-state index is 3.54. The van der Waals surface area contributed by atoms with Crippen LogP contribution in [0, 0.1) is 0 Å². The third-order valence-electron chi connectivity index (χ3n) is 2.68. The van der Waals surface area contributed by atoms with Crippen LogP contribution in [0.3, 0.4) is 0 Å². The van der Waals surface area contributed by atoms with Gasteiger partial charge in [-0.25, -0.2) is 0 Å². The molecule has 0 amide bonds. The molecule has 0 fully saturated rings. The summed E-state index contributed by atoms with van der Waals surface area (Å²) < 4.78 is 4.22. The predicted octanol–water partition coefficient (Wildman–Crippen LogP) is 6.37. The monoisotopic (exact) mass is 479 g/mol. The summed E-state index contributed by atoms with van der Waals surface area (Å²) in [5, 5.41) is 2.42. The molecular weight excluding hydrogens is 478 g/mol. The van der Waals surface area contributed by atoms with Gasteiger partial charge in [0.25, 0.3) is 0 Å². The van der Waals surface area contributed by atoms with E-state index in [1.807, 2.05) is 0 Å². The molecule has 0 atom stereocenters. The first-order chi connectivity index (χ1) is 8.06. The van der Waals surface area contributed by atoms with E-state index in [-0.39, 0.29) is 0 Å². The molecule has 2 aromatic carbocycles. The van der Waals surface area contributed by atoms with Crippen LogP contribution in [-0.4, -0.2) is 4.98 Å². The molecular formula is C12H5Br4N. The lowest BCUT2D eigenvalue weighted by Gasteiger charge is -1.98. The fourth-order valence-electron chi connectivity index (χ4n) is 1.89. The first-order valence-electron chi connectivity index (χ1n) is 4.82. The summed E-state index contributed by atoms with van der Waals surface area (Å²) in [6, 6.07) is 8.42. The fourth-order valence-corrected chi connectivity index (χ4v) is 3.26. The third kappa shape index (κ3) is 2.01. The van der Waals surface area contributed by atoms with Gasteiger partial charge >= 0.3 is 0 Å². The highest BCUT2D eigenvalue weighted by atomic mass is 79.9. The number of H-pyrrole nitrogens is 1. The van der Waals surface area contributed by atoms with E-state index >= 15 is 0 Å². The summed E-state index contributed by atoms with van der Waals surface area (Å²) in [7, 11) is 0. The van der Waals surface area contributed by atoms with Gasteiger partial charge in [-0.15, -0.1) is 0 Å². The van der Waals surface area contributed by atoms with Crippen molar-refractivity contribution in [1.29, 1.82) is 0 Å². The van der Waals surface area contributed by atoms with Crippen molar-refractivity contribution in [1.82, 2.24) is 4.98 Å². The van der Waals surface area contributed by atoms with E-state index in [0.717, 1.165) is 28.9 Å². The van der Waals surface area contributed by atoms with Crippen molar-refractivity contribution in [2.24, 2.45) is 0 Å². The van der Waals surface area contributed by atoms with Crippen LogP contribution in [0.5, 0.6) is 0 Å². The molecule has 1 heterocycles. The Labute approximate surface area is 131 Å². The Kier molecular flexibility index (Phi) is 3.14. The predicted molar refractivity (Wildman–Crippen MR) is 86.6 cm³/mol. The second-order valence-corrected chi connectivity index (χ2v) is 7.17. The normalized spacial score (nSPS) is 11.5. The van der Waals surface area contributed by atoms with Crippen molar-refractivity contribution in [3.63, 3.8) is 0 Å². The minimum Gasteiger partial charge on any atom is -0.354 e. The van der Waals surface area contributed by atoms with E-state index < -0.39 is 0 Å². The number of halogens is 4. The highest BCUT2D eigenvalue weighted by molar-refractivity contribution is 9.13. The van der Waals surface area contributed by atoms with Gasteiger partial charge in [0.2, 0.25) is 0 Å². The second kappa shape index (κ2) is 4.37. The van der Waals surface area contributed by atoms with E-state index in [1.54, 1.807) is 0 Å². The summed E-state index contributed by atoms with van der Waals surface area (Å²) in [5.41, 5.74) is 2.25. The Bertz CT molecular complexity index is 683. The minimum absolute atomic E-state index is 1.05. The van der Waals surface area contributed by atoms with Gasteiger partial charge in [0.15, 0.2) is 0 Å². The molecule has 17 heavy (non-hydrogen) atoms. The fraction of sp³-hybridized carbons (Fsp3) is 0. The van der Waals surface area contributed by atoms with Crippen LogP contribution in [0.25, 0.3) is 21.8 Å². The number of benzene rings is 2. The maximum Gasteiger partial charge on any atom is 0.0477 e. The number of hydrogen-bond donors (Lipinski definition) is 1. The van der Waals surface area contributed by atoms with Crippen LogP contribution in [0.15, 0.2) is 42.2 Å². The molecule has 86 valence electrons. The van der Waals surface area contributed by atoms with Gasteiger partial charge < -0.3 is 4.98 Å². The van der Waals surface area contributed by atoms with Crippen molar-refractivity contribution < 1.29 is 0 Å². The SMILES string of the molecule is Brc1cc2[nH]c3cc(Br)c(Br)cc3c2cc1Br. The van der Waals surface area contributed by atoms with Crippen molar-refractivity contribution in [3.8, 4) is 0 Å². The van der Waals surface area contributed by atoms with Crippen LogP contribution in [0.1, 0.15) is 0 Å². The van der Waals surface area contributed by atoms with Crippen LogP contribution in [-0.2, 0) is 0 Å². The highest BCUT2D eigenvalue weighted by Crippen LogP contribution is 2.36. The van der Waals surface area contributed by atoms with Gasteiger partial charge in [-0.3, -0.25) is 0 Å². The van der Waals surface area contributed by atoms with Crippen molar-refractivity contribution in [2.75, 3.05) is 0 Å². The summed E-state index contributed by atoms with van der Waals surface area (Å²) in [6.45, 7) is 0. The van der Waals surface area contributed by atoms with Crippen LogP contribution < -0.4 is 0 Å². The van der Waals surface area contributed by atoms with Gasteiger partial charge in [0.05, 0.1) is 0 Å². The van der Waals surface area contributed by atoms with Gasteiger partial charge in [0, 0.05) is 39.7 Å². The van der Waals surface area contributed by atoms with Crippen molar-refractivity contribution in [2.45, 2.75) is 0 Å². The van der Waals surface area contributed by atoms with Crippen LogP contribution in [0.2, 0.25) is 0 Å². The summed E-state index contributed by atoms with van der Waals surface area (Å²) in [4.78, 5) is 3.41. The van der Waals surface area contributed by atoms with Crippen molar-refractivity contribution in [3.05, 3.63) is 42.2 Å².